The Labute approximate surface area is 153 Å². The number of carbonyl (C=O) groups is 2. The van der Waals surface area contributed by atoms with E-state index >= 15 is 0 Å². The molecule has 148 valence electrons. The van der Waals surface area contributed by atoms with Gasteiger partial charge in [0.2, 0.25) is 0 Å². The normalized spacial score (nSPS) is 12.1. The fourth-order valence-electron chi connectivity index (χ4n) is 2.85. The first-order valence-corrected chi connectivity index (χ1v) is 10.2. The standard InChI is InChI=1S/C20H39NO4/c1-2-3-4-5-6-7-8-9-10-11-12-13-14-15-16-25-20(24)18(21)17-19(22)23/h18H,2-17,21H2,1H3,(H,22,23). The predicted octanol–water partition coefficient (Wildman–Crippen LogP) is 4.81. The molecule has 0 aliphatic heterocycles. The Hall–Kier alpha value is -1.10. The summed E-state index contributed by atoms with van der Waals surface area (Å²) in [6.45, 7) is 2.59. The van der Waals surface area contributed by atoms with E-state index in [9.17, 15) is 9.59 Å². The molecule has 0 saturated carbocycles. The van der Waals surface area contributed by atoms with E-state index in [1.165, 1.54) is 70.6 Å². The van der Waals surface area contributed by atoms with Crippen LogP contribution in [0.3, 0.4) is 0 Å². The molecule has 25 heavy (non-hydrogen) atoms. The first kappa shape index (κ1) is 23.9. The van der Waals surface area contributed by atoms with Crippen LogP contribution in [-0.4, -0.2) is 29.7 Å². The molecule has 0 aromatic heterocycles. The lowest BCUT2D eigenvalue weighted by Crippen LogP contribution is -2.34. The molecule has 0 aromatic rings. The van der Waals surface area contributed by atoms with E-state index in [-0.39, 0.29) is 6.42 Å². The summed E-state index contributed by atoms with van der Waals surface area (Å²) in [7, 11) is 0. The van der Waals surface area contributed by atoms with Crippen molar-refractivity contribution in [1.29, 1.82) is 0 Å². The molecule has 0 bridgehead atoms. The zero-order chi connectivity index (χ0) is 18.8. The number of rotatable bonds is 18. The SMILES string of the molecule is CCCCCCCCCCCCCCCCOC(=O)C(N)CC(=O)O. The van der Waals surface area contributed by atoms with Crippen molar-refractivity contribution in [2.24, 2.45) is 5.73 Å². The van der Waals surface area contributed by atoms with Gasteiger partial charge in [-0.25, -0.2) is 0 Å². The molecule has 0 aliphatic carbocycles. The van der Waals surface area contributed by atoms with E-state index in [0.29, 0.717) is 6.61 Å². The lowest BCUT2D eigenvalue weighted by molar-refractivity contribution is -0.149. The number of hydrogen-bond acceptors (Lipinski definition) is 4. The number of carbonyl (C=O) groups excluding carboxylic acids is 1. The first-order chi connectivity index (χ1) is 12.1. The highest BCUT2D eigenvalue weighted by atomic mass is 16.5. The van der Waals surface area contributed by atoms with Crippen molar-refractivity contribution in [2.75, 3.05) is 6.61 Å². The third kappa shape index (κ3) is 17.5. The van der Waals surface area contributed by atoms with Crippen molar-refractivity contribution < 1.29 is 19.4 Å². The van der Waals surface area contributed by atoms with E-state index in [4.69, 9.17) is 15.6 Å². The Morgan fingerprint density at radius 3 is 1.60 bits per heavy atom. The Balaban J connectivity index is 3.21. The summed E-state index contributed by atoms with van der Waals surface area (Å²) < 4.78 is 4.98. The minimum absolute atomic E-state index is 0.337. The number of carboxylic acid groups (broad SMARTS) is 1. The van der Waals surface area contributed by atoms with Crippen molar-refractivity contribution in [3.63, 3.8) is 0 Å². The van der Waals surface area contributed by atoms with Crippen molar-refractivity contribution in [1.82, 2.24) is 0 Å². The predicted molar refractivity (Wildman–Crippen MR) is 101 cm³/mol. The number of carboxylic acids is 1. The molecule has 5 heteroatoms. The van der Waals surface area contributed by atoms with Gasteiger partial charge in [0.05, 0.1) is 13.0 Å². The highest BCUT2D eigenvalue weighted by molar-refractivity contribution is 5.81. The molecule has 0 saturated heterocycles. The second kappa shape index (κ2) is 17.7. The summed E-state index contributed by atoms with van der Waals surface area (Å²) in [5.74, 6) is -1.70. The summed E-state index contributed by atoms with van der Waals surface area (Å²) in [6, 6.07) is -1.05. The third-order valence-corrected chi connectivity index (χ3v) is 4.44. The van der Waals surface area contributed by atoms with Crippen LogP contribution in [0, 0.1) is 0 Å². The molecule has 0 heterocycles. The Kier molecular flexibility index (Phi) is 16.9. The summed E-state index contributed by atoms with van der Waals surface area (Å²) in [5, 5.41) is 8.55. The second-order valence-corrected chi connectivity index (χ2v) is 6.97. The monoisotopic (exact) mass is 357 g/mol. The summed E-state index contributed by atoms with van der Waals surface area (Å²) >= 11 is 0. The molecule has 1 atom stereocenters. The number of nitrogens with two attached hydrogens (primary N) is 1. The van der Waals surface area contributed by atoms with Crippen LogP contribution in [0.2, 0.25) is 0 Å². The van der Waals surface area contributed by atoms with Crippen molar-refractivity contribution in [2.45, 2.75) is 109 Å². The maximum Gasteiger partial charge on any atom is 0.323 e. The van der Waals surface area contributed by atoms with Crippen molar-refractivity contribution >= 4 is 11.9 Å². The van der Waals surface area contributed by atoms with Gasteiger partial charge >= 0.3 is 11.9 Å². The summed E-state index contributed by atoms with van der Waals surface area (Å²) in [6.07, 6.45) is 17.5. The molecular formula is C20H39NO4. The van der Waals surface area contributed by atoms with Crippen LogP contribution >= 0.6 is 0 Å². The van der Waals surface area contributed by atoms with Gasteiger partial charge in [-0.2, -0.15) is 0 Å². The van der Waals surface area contributed by atoms with Gasteiger partial charge in [0, 0.05) is 0 Å². The molecule has 0 fully saturated rings. The van der Waals surface area contributed by atoms with Gasteiger partial charge in [-0.1, -0.05) is 90.4 Å². The van der Waals surface area contributed by atoms with Gasteiger partial charge in [0.15, 0.2) is 0 Å². The Morgan fingerprint density at radius 2 is 1.20 bits per heavy atom. The van der Waals surface area contributed by atoms with Gasteiger partial charge < -0.3 is 15.6 Å². The van der Waals surface area contributed by atoms with Crippen LogP contribution in [0.5, 0.6) is 0 Å². The number of hydrogen-bond donors (Lipinski definition) is 2. The lowest BCUT2D eigenvalue weighted by atomic mass is 10.0. The molecule has 5 nitrogen and oxygen atoms in total. The van der Waals surface area contributed by atoms with Crippen LogP contribution in [-0.2, 0) is 14.3 Å². The molecule has 0 aromatic carbocycles. The highest BCUT2D eigenvalue weighted by Gasteiger charge is 2.17. The largest absolute Gasteiger partial charge is 0.481 e. The molecule has 3 N–H and O–H groups in total. The Morgan fingerprint density at radius 1 is 0.800 bits per heavy atom. The van der Waals surface area contributed by atoms with E-state index in [0.717, 1.165) is 19.3 Å². The van der Waals surface area contributed by atoms with Crippen molar-refractivity contribution in [3.8, 4) is 0 Å². The molecular weight excluding hydrogens is 318 g/mol. The van der Waals surface area contributed by atoms with Crippen LogP contribution in [0.4, 0.5) is 0 Å². The highest BCUT2D eigenvalue weighted by Crippen LogP contribution is 2.13. The van der Waals surface area contributed by atoms with Gasteiger partial charge in [-0.05, 0) is 6.42 Å². The second-order valence-electron chi connectivity index (χ2n) is 6.97. The van der Waals surface area contributed by atoms with Gasteiger partial charge in [0.1, 0.15) is 6.04 Å². The molecule has 1 unspecified atom stereocenters. The van der Waals surface area contributed by atoms with Gasteiger partial charge in [0.25, 0.3) is 0 Å². The van der Waals surface area contributed by atoms with Crippen LogP contribution < -0.4 is 5.73 Å². The summed E-state index contributed by atoms with van der Waals surface area (Å²) in [4.78, 5) is 21.8. The smallest absolute Gasteiger partial charge is 0.323 e. The molecule has 0 amide bonds. The molecule has 0 radical (unpaired) electrons. The third-order valence-electron chi connectivity index (χ3n) is 4.44. The average Bonchev–Trinajstić information content (AvgIpc) is 2.57. The fraction of sp³-hybridized carbons (Fsp3) is 0.900. The fourth-order valence-corrected chi connectivity index (χ4v) is 2.85. The van der Waals surface area contributed by atoms with E-state index in [1.807, 2.05) is 0 Å². The maximum absolute atomic E-state index is 11.4. The lowest BCUT2D eigenvalue weighted by Gasteiger charge is -2.09. The minimum Gasteiger partial charge on any atom is -0.481 e. The molecule has 0 aliphatic rings. The topological polar surface area (TPSA) is 89.6 Å². The van der Waals surface area contributed by atoms with Crippen molar-refractivity contribution in [3.05, 3.63) is 0 Å². The Bertz CT molecular complexity index is 334. The van der Waals surface area contributed by atoms with E-state index < -0.39 is 18.0 Å². The quantitative estimate of drug-likeness (QED) is 0.271. The maximum atomic E-state index is 11.4. The minimum atomic E-state index is -1.08. The molecule has 0 rings (SSSR count). The number of unbranched alkanes of at least 4 members (excludes halogenated alkanes) is 13. The molecule has 0 spiro atoms. The zero-order valence-electron chi connectivity index (χ0n) is 16.1. The average molecular weight is 358 g/mol. The zero-order valence-corrected chi connectivity index (χ0v) is 16.1. The number of aliphatic carboxylic acids is 1. The van der Waals surface area contributed by atoms with Gasteiger partial charge in [-0.3, -0.25) is 9.59 Å². The number of esters is 1. The summed E-state index contributed by atoms with van der Waals surface area (Å²) in [5.41, 5.74) is 5.42. The first-order valence-electron chi connectivity index (χ1n) is 10.2. The van der Waals surface area contributed by atoms with E-state index in [1.54, 1.807) is 0 Å². The van der Waals surface area contributed by atoms with E-state index in [2.05, 4.69) is 6.92 Å². The van der Waals surface area contributed by atoms with Gasteiger partial charge in [-0.15, -0.1) is 0 Å². The van der Waals surface area contributed by atoms with Crippen LogP contribution in [0.25, 0.3) is 0 Å². The number of ether oxygens (including phenoxy) is 1. The van der Waals surface area contributed by atoms with Crippen LogP contribution in [0.1, 0.15) is 103 Å². The van der Waals surface area contributed by atoms with Crippen LogP contribution in [0.15, 0.2) is 0 Å².